The summed E-state index contributed by atoms with van der Waals surface area (Å²) in [6.07, 6.45) is 3.95. The average Bonchev–Trinajstić information content (AvgIpc) is 3.64. The number of aromatic nitrogens is 2. The van der Waals surface area contributed by atoms with E-state index in [2.05, 4.69) is 16.7 Å². The first-order chi connectivity index (χ1) is 23.5. The smallest absolute Gasteiger partial charge is 0.338 e. The molecule has 1 atom stereocenters. The van der Waals surface area contributed by atoms with Crippen molar-refractivity contribution in [2.24, 2.45) is 4.99 Å². The van der Waals surface area contributed by atoms with E-state index in [0.717, 1.165) is 33.2 Å². The topological polar surface area (TPSA) is 98.6 Å². The molecule has 9 heteroatoms. The van der Waals surface area contributed by atoms with Crippen LogP contribution in [0.3, 0.4) is 0 Å². The predicted octanol–water partition coefficient (Wildman–Crippen LogP) is 5.82. The molecule has 8 nitrogen and oxygen atoms in total. The summed E-state index contributed by atoms with van der Waals surface area (Å²) in [4.78, 5) is 33.6. The molecular formula is C39H30N4O4S. The fourth-order valence-electron chi connectivity index (χ4n) is 6.09. The third-order valence-electron chi connectivity index (χ3n) is 8.35. The second-order valence-electron chi connectivity index (χ2n) is 11.2. The Morgan fingerprint density at radius 2 is 1.71 bits per heavy atom. The first-order valence-corrected chi connectivity index (χ1v) is 16.3. The maximum Gasteiger partial charge on any atom is 0.338 e. The molecule has 0 saturated carbocycles. The number of esters is 1. The molecule has 0 N–H and O–H groups in total. The van der Waals surface area contributed by atoms with Crippen molar-refractivity contribution in [2.75, 3.05) is 13.7 Å². The number of para-hydroxylation sites is 1. The minimum absolute atomic E-state index is 0.177. The van der Waals surface area contributed by atoms with Gasteiger partial charge in [-0.15, -0.1) is 0 Å². The van der Waals surface area contributed by atoms with Crippen molar-refractivity contribution in [1.82, 2.24) is 9.13 Å². The van der Waals surface area contributed by atoms with Gasteiger partial charge in [-0.3, -0.25) is 9.36 Å². The van der Waals surface area contributed by atoms with Crippen molar-refractivity contribution < 1.29 is 14.3 Å². The molecule has 0 radical (unpaired) electrons. The summed E-state index contributed by atoms with van der Waals surface area (Å²) in [6, 6.07) is 33.9. The highest BCUT2D eigenvalue weighted by molar-refractivity contribution is 7.07. The summed E-state index contributed by atoms with van der Waals surface area (Å²) in [5, 5.41) is 10.2. The summed E-state index contributed by atoms with van der Waals surface area (Å²) in [7, 11) is 1.59. The van der Waals surface area contributed by atoms with Gasteiger partial charge in [0, 0.05) is 34.8 Å². The summed E-state index contributed by atoms with van der Waals surface area (Å²) in [6.45, 7) is 2.54. The van der Waals surface area contributed by atoms with Crippen LogP contribution < -0.4 is 19.6 Å². The van der Waals surface area contributed by atoms with Gasteiger partial charge in [0.1, 0.15) is 5.75 Å². The van der Waals surface area contributed by atoms with E-state index in [1.807, 2.05) is 109 Å². The Balaban J connectivity index is 1.43. The number of hydrogen-bond donors (Lipinski definition) is 0. The second-order valence-corrected chi connectivity index (χ2v) is 12.3. The molecule has 0 spiro atoms. The Morgan fingerprint density at radius 3 is 2.42 bits per heavy atom. The average molecular weight is 651 g/mol. The quantitative estimate of drug-likeness (QED) is 0.194. The van der Waals surface area contributed by atoms with Crippen LogP contribution in [0, 0.1) is 11.3 Å². The van der Waals surface area contributed by atoms with Crippen molar-refractivity contribution in [1.29, 1.82) is 5.26 Å². The molecular weight excluding hydrogens is 621 g/mol. The van der Waals surface area contributed by atoms with Crippen LogP contribution >= 0.6 is 11.3 Å². The SMILES string of the molecule is CCOC(=O)C1=C(c2ccccc2)N=c2s/c(=C\c3cn(Cc4ccc(C#N)cc4)c4ccccc34)c(=O)n2[C@@H]1c1ccc(OC)cc1. The molecule has 0 aliphatic carbocycles. The Labute approximate surface area is 280 Å². The fourth-order valence-corrected chi connectivity index (χ4v) is 7.08. The van der Waals surface area contributed by atoms with E-state index in [-0.39, 0.29) is 12.2 Å². The largest absolute Gasteiger partial charge is 0.497 e. The van der Waals surface area contributed by atoms with E-state index in [1.54, 1.807) is 18.6 Å². The van der Waals surface area contributed by atoms with Gasteiger partial charge >= 0.3 is 5.97 Å². The molecule has 4 aromatic carbocycles. The first-order valence-electron chi connectivity index (χ1n) is 15.5. The fraction of sp³-hybridized carbons (Fsp3) is 0.128. The number of carbonyl (C=O) groups excluding carboxylic acids is 1. The number of hydrogen-bond acceptors (Lipinski definition) is 7. The third-order valence-corrected chi connectivity index (χ3v) is 9.33. The van der Waals surface area contributed by atoms with Gasteiger partial charge in [-0.05, 0) is 54.5 Å². The van der Waals surface area contributed by atoms with E-state index in [9.17, 15) is 14.9 Å². The number of nitriles is 1. The van der Waals surface area contributed by atoms with Gasteiger partial charge in [0.15, 0.2) is 4.80 Å². The number of ether oxygens (including phenoxy) is 2. The molecule has 0 unspecified atom stereocenters. The van der Waals surface area contributed by atoms with Crippen LogP contribution in [-0.2, 0) is 16.1 Å². The van der Waals surface area contributed by atoms with E-state index in [4.69, 9.17) is 14.5 Å². The van der Waals surface area contributed by atoms with Crippen molar-refractivity contribution in [3.8, 4) is 11.8 Å². The van der Waals surface area contributed by atoms with Crippen molar-refractivity contribution in [2.45, 2.75) is 19.5 Å². The zero-order valence-corrected chi connectivity index (χ0v) is 27.1. The highest BCUT2D eigenvalue weighted by Crippen LogP contribution is 2.35. The number of rotatable bonds is 8. The van der Waals surface area contributed by atoms with Crippen LogP contribution in [0.5, 0.6) is 5.75 Å². The van der Waals surface area contributed by atoms with Gasteiger partial charge in [0.2, 0.25) is 0 Å². The molecule has 236 valence electrons. The summed E-state index contributed by atoms with van der Waals surface area (Å²) in [5.41, 5.74) is 5.58. The van der Waals surface area contributed by atoms with Crippen molar-refractivity contribution in [3.63, 3.8) is 0 Å². The highest BCUT2D eigenvalue weighted by atomic mass is 32.1. The number of methoxy groups -OCH3 is 1. The van der Waals surface area contributed by atoms with E-state index in [1.165, 1.54) is 11.3 Å². The maximum atomic E-state index is 14.4. The summed E-state index contributed by atoms with van der Waals surface area (Å²) < 4.78 is 15.2. The first kappa shape index (κ1) is 30.7. The highest BCUT2D eigenvalue weighted by Gasteiger charge is 2.35. The van der Waals surface area contributed by atoms with Crippen LogP contribution in [0.25, 0.3) is 22.7 Å². The molecule has 0 saturated heterocycles. The summed E-state index contributed by atoms with van der Waals surface area (Å²) in [5.74, 6) is 0.134. The molecule has 0 amide bonds. The molecule has 0 fully saturated rings. The van der Waals surface area contributed by atoms with Crippen LogP contribution in [0.1, 0.15) is 40.8 Å². The predicted molar refractivity (Wildman–Crippen MR) is 186 cm³/mol. The van der Waals surface area contributed by atoms with Gasteiger partial charge in [0.25, 0.3) is 5.56 Å². The lowest BCUT2D eigenvalue weighted by atomic mass is 9.93. The Morgan fingerprint density at radius 1 is 0.979 bits per heavy atom. The Bertz CT molecular complexity index is 2410. The van der Waals surface area contributed by atoms with Crippen LogP contribution in [-0.4, -0.2) is 28.8 Å². The molecule has 0 bridgehead atoms. The molecule has 1 aliphatic heterocycles. The summed E-state index contributed by atoms with van der Waals surface area (Å²) >= 11 is 1.29. The number of benzene rings is 4. The molecule has 2 aromatic heterocycles. The lowest BCUT2D eigenvalue weighted by Crippen LogP contribution is -2.40. The van der Waals surface area contributed by atoms with Gasteiger partial charge in [-0.1, -0.05) is 84.1 Å². The maximum absolute atomic E-state index is 14.4. The number of fused-ring (bicyclic) bond motifs is 2. The minimum Gasteiger partial charge on any atom is -0.497 e. The standard InChI is InChI=1S/C39H30N4O4S/c1-3-47-38(45)34-35(27-9-5-4-6-10-27)41-39-43(36(34)28-17-19-30(46-2)20-18-28)37(44)33(48-39)21-29-24-42(32-12-8-7-11-31(29)32)23-26-15-13-25(22-40)14-16-26/h4-21,24,36H,3,23H2,1-2H3/b33-21-/t36-/m1/s1. The molecule has 1 aliphatic rings. The van der Waals surface area contributed by atoms with Crippen molar-refractivity contribution in [3.05, 3.63) is 162 Å². The van der Waals surface area contributed by atoms with Gasteiger partial charge in [-0.2, -0.15) is 5.26 Å². The lowest BCUT2D eigenvalue weighted by molar-refractivity contribution is -0.138. The monoisotopic (exact) mass is 650 g/mol. The minimum atomic E-state index is -0.777. The Hall–Kier alpha value is -5.98. The number of nitrogens with zero attached hydrogens (tertiary/aromatic N) is 4. The van der Waals surface area contributed by atoms with E-state index < -0.39 is 12.0 Å². The number of thiazole rings is 1. The molecule has 7 rings (SSSR count). The van der Waals surface area contributed by atoms with Crippen LogP contribution in [0.2, 0.25) is 0 Å². The van der Waals surface area contributed by atoms with E-state index >= 15 is 0 Å². The van der Waals surface area contributed by atoms with Crippen LogP contribution in [0.4, 0.5) is 0 Å². The lowest BCUT2D eigenvalue weighted by Gasteiger charge is -2.26. The van der Waals surface area contributed by atoms with Gasteiger partial charge in [0.05, 0.1) is 47.2 Å². The van der Waals surface area contributed by atoms with Crippen LogP contribution in [0.15, 0.2) is 125 Å². The normalized spacial score (nSPS) is 14.4. The van der Waals surface area contributed by atoms with Gasteiger partial charge < -0.3 is 14.0 Å². The second kappa shape index (κ2) is 13.0. The molecule has 3 heterocycles. The number of carbonyl (C=O) groups is 1. The molecule has 48 heavy (non-hydrogen) atoms. The third kappa shape index (κ3) is 5.63. The zero-order chi connectivity index (χ0) is 33.2. The zero-order valence-electron chi connectivity index (χ0n) is 26.3. The molecule has 6 aromatic rings. The van der Waals surface area contributed by atoms with Gasteiger partial charge in [-0.25, -0.2) is 9.79 Å². The van der Waals surface area contributed by atoms with E-state index in [0.29, 0.717) is 38.5 Å². The Kier molecular flexibility index (Phi) is 8.32. The van der Waals surface area contributed by atoms with Crippen molar-refractivity contribution >= 4 is 40.0 Å².